The van der Waals surface area contributed by atoms with Crippen LogP contribution in [0.25, 0.3) is 11.0 Å². The standard InChI is InChI=1S/C15H16FN5O/c1-9-8-17-14(18-9)15(22)21(2)6-5-13-19-11-4-3-10(16)7-12(11)20-13/h3-4,7-8H,5-6H2,1-2H3,(H,17,18)(H,19,20). The molecule has 22 heavy (non-hydrogen) atoms. The van der Waals surface area contributed by atoms with Crippen molar-refractivity contribution in [2.75, 3.05) is 13.6 Å². The van der Waals surface area contributed by atoms with E-state index in [1.54, 1.807) is 24.2 Å². The van der Waals surface area contributed by atoms with Crippen molar-refractivity contribution in [2.45, 2.75) is 13.3 Å². The third-order valence-corrected chi connectivity index (χ3v) is 3.43. The van der Waals surface area contributed by atoms with Crippen LogP contribution in [-0.2, 0) is 6.42 Å². The van der Waals surface area contributed by atoms with Crippen molar-refractivity contribution in [3.05, 3.63) is 47.6 Å². The molecule has 7 heteroatoms. The molecule has 0 atom stereocenters. The first-order valence-corrected chi connectivity index (χ1v) is 6.94. The first kappa shape index (κ1) is 14.2. The first-order chi connectivity index (χ1) is 10.5. The van der Waals surface area contributed by atoms with Gasteiger partial charge in [-0.3, -0.25) is 4.79 Å². The molecule has 3 rings (SSSR count). The number of benzene rings is 1. The van der Waals surface area contributed by atoms with Gasteiger partial charge in [0.1, 0.15) is 11.6 Å². The number of rotatable bonds is 4. The second-order valence-electron chi connectivity index (χ2n) is 5.24. The highest BCUT2D eigenvalue weighted by Gasteiger charge is 2.15. The van der Waals surface area contributed by atoms with E-state index >= 15 is 0 Å². The van der Waals surface area contributed by atoms with Crippen molar-refractivity contribution in [3.63, 3.8) is 0 Å². The zero-order valence-electron chi connectivity index (χ0n) is 12.4. The fourth-order valence-corrected chi connectivity index (χ4v) is 2.23. The molecule has 1 amide bonds. The van der Waals surface area contributed by atoms with E-state index in [2.05, 4.69) is 19.9 Å². The van der Waals surface area contributed by atoms with Gasteiger partial charge in [0.25, 0.3) is 5.91 Å². The second kappa shape index (κ2) is 5.59. The summed E-state index contributed by atoms with van der Waals surface area (Å²) in [6.45, 7) is 2.33. The van der Waals surface area contributed by atoms with Crippen LogP contribution in [0.15, 0.2) is 24.4 Å². The van der Waals surface area contributed by atoms with Gasteiger partial charge in [-0.15, -0.1) is 0 Å². The molecule has 2 N–H and O–H groups in total. The Morgan fingerprint density at radius 3 is 2.91 bits per heavy atom. The minimum atomic E-state index is -0.303. The fourth-order valence-electron chi connectivity index (χ4n) is 2.23. The van der Waals surface area contributed by atoms with Crippen LogP contribution >= 0.6 is 0 Å². The summed E-state index contributed by atoms with van der Waals surface area (Å²) in [5.74, 6) is 0.570. The number of aryl methyl sites for hydroxylation is 1. The molecule has 0 aliphatic carbocycles. The van der Waals surface area contributed by atoms with Gasteiger partial charge in [-0.25, -0.2) is 14.4 Å². The number of nitrogens with zero attached hydrogens (tertiary/aromatic N) is 3. The lowest BCUT2D eigenvalue weighted by atomic mass is 10.3. The van der Waals surface area contributed by atoms with Gasteiger partial charge in [-0.1, -0.05) is 0 Å². The van der Waals surface area contributed by atoms with Crippen LogP contribution in [0.5, 0.6) is 0 Å². The van der Waals surface area contributed by atoms with Crippen LogP contribution in [0, 0.1) is 12.7 Å². The van der Waals surface area contributed by atoms with Crippen molar-refractivity contribution in [1.29, 1.82) is 0 Å². The summed E-state index contributed by atoms with van der Waals surface area (Å²) in [5, 5.41) is 0. The van der Waals surface area contributed by atoms with E-state index in [0.29, 0.717) is 29.8 Å². The molecule has 0 radical (unpaired) electrons. The van der Waals surface area contributed by atoms with E-state index in [9.17, 15) is 9.18 Å². The third-order valence-electron chi connectivity index (χ3n) is 3.43. The Hall–Kier alpha value is -2.70. The molecule has 3 aromatic rings. The highest BCUT2D eigenvalue weighted by Crippen LogP contribution is 2.13. The number of imidazole rings is 2. The van der Waals surface area contributed by atoms with Gasteiger partial charge in [0.05, 0.1) is 11.0 Å². The first-order valence-electron chi connectivity index (χ1n) is 6.94. The molecule has 2 aromatic heterocycles. The van der Waals surface area contributed by atoms with Crippen molar-refractivity contribution in [3.8, 4) is 0 Å². The zero-order valence-corrected chi connectivity index (χ0v) is 12.4. The minimum Gasteiger partial charge on any atom is -0.342 e. The Morgan fingerprint density at radius 1 is 1.36 bits per heavy atom. The largest absolute Gasteiger partial charge is 0.342 e. The molecular formula is C15H16FN5O. The number of carbonyl (C=O) groups excluding carboxylic acids is 1. The van der Waals surface area contributed by atoms with Crippen LogP contribution in [0.4, 0.5) is 4.39 Å². The van der Waals surface area contributed by atoms with Crippen LogP contribution in [0.3, 0.4) is 0 Å². The summed E-state index contributed by atoms with van der Waals surface area (Å²) in [6, 6.07) is 4.42. The maximum Gasteiger partial charge on any atom is 0.289 e. The van der Waals surface area contributed by atoms with Crippen molar-refractivity contribution in [1.82, 2.24) is 24.8 Å². The molecule has 1 aromatic carbocycles. The highest BCUT2D eigenvalue weighted by atomic mass is 19.1. The number of H-pyrrole nitrogens is 2. The van der Waals surface area contributed by atoms with E-state index < -0.39 is 0 Å². The SMILES string of the molecule is Cc1cnc(C(=O)N(C)CCc2nc3ccc(F)cc3[nH]2)[nH]1. The molecule has 0 bridgehead atoms. The Bertz CT molecular complexity index is 822. The Balaban J connectivity index is 1.66. The number of aromatic amines is 2. The van der Waals surface area contributed by atoms with Gasteiger partial charge < -0.3 is 14.9 Å². The topological polar surface area (TPSA) is 77.7 Å². The van der Waals surface area contributed by atoms with Crippen molar-refractivity contribution in [2.24, 2.45) is 0 Å². The molecule has 0 fully saturated rings. The summed E-state index contributed by atoms with van der Waals surface area (Å²) < 4.78 is 13.1. The highest BCUT2D eigenvalue weighted by molar-refractivity contribution is 5.90. The van der Waals surface area contributed by atoms with Gasteiger partial charge in [0.15, 0.2) is 5.82 Å². The Kier molecular flexibility index (Phi) is 3.62. The van der Waals surface area contributed by atoms with Crippen LogP contribution < -0.4 is 0 Å². The molecule has 6 nitrogen and oxygen atoms in total. The summed E-state index contributed by atoms with van der Waals surface area (Å²) in [7, 11) is 1.71. The van der Waals surface area contributed by atoms with Gasteiger partial charge >= 0.3 is 0 Å². The van der Waals surface area contributed by atoms with Crippen LogP contribution in [-0.4, -0.2) is 44.3 Å². The number of halogens is 1. The van der Waals surface area contributed by atoms with Gasteiger partial charge in [-0.05, 0) is 25.1 Å². The average molecular weight is 301 g/mol. The molecule has 2 heterocycles. The van der Waals surface area contributed by atoms with E-state index in [-0.39, 0.29) is 11.7 Å². The second-order valence-corrected chi connectivity index (χ2v) is 5.24. The number of fused-ring (bicyclic) bond motifs is 1. The molecule has 0 unspecified atom stereocenters. The molecule has 0 aliphatic rings. The minimum absolute atomic E-state index is 0.171. The fraction of sp³-hybridized carbons (Fsp3) is 0.267. The number of nitrogens with one attached hydrogen (secondary N) is 2. The van der Waals surface area contributed by atoms with Crippen molar-refractivity contribution >= 4 is 16.9 Å². The van der Waals surface area contributed by atoms with Crippen LogP contribution in [0.2, 0.25) is 0 Å². The normalized spacial score (nSPS) is 11.0. The molecule has 0 spiro atoms. The van der Waals surface area contributed by atoms with E-state index in [0.717, 1.165) is 11.5 Å². The predicted octanol–water partition coefficient (Wildman–Crippen LogP) is 2.05. The Labute approximate surface area is 126 Å². The van der Waals surface area contributed by atoms with E-state index in [4.69, 9.17) is 0 Å². The lowest BCUT2D eigenvalue weighted by Crippen LogP contribution is -2.29. The number of amides is 1. The molecule has 114 valence electrons. The number of likely N-dealkylation sites (N-methyl/N-ethyl adjacent to an activating group) is 1. The molecular weight excluding hydrogens is 285 g/mol. The Morgan fingerprint density at radius 2 is 2.18 bits per heavy atom. The number of hydrogen-bond acceptors (Lipinski definition) is 3. The number of carbonyl (C=O) groups is 1. The van der Waals surface area contributed by atoms with Gasteiger partial charge in [-0.2, -0.15) is 0 Å². The monoisotopic (exact) mass is 301 g/mol. The van der Waals surface area contributed by atoms with Crippen LogP contribution in [0.1, 0.15) is 22.1 Å². The van der Waals surface area contributed by atoms with Gasteiger partial charge in [0.2, 0.25) is 0 Å². The van der Waals surface area contributed by atoms with Crippen molar-refractivity contribution < 1.29 is 9.18 Å². The molecule has 0 aliphatic heterocycles. The maximum absolute atomic E-state index is 13.1. The summed E-state index contributed by atoms with van der Waals surface area (Å²) in [6.07, 6.45) is 2.17. The molecule has 0 saturated heterocycles. The maximum atomic E-state index is 13.1. The lowest BCUT2D eigenvalue weighted by molar-refractivity contribution is 0.0785. The quantitative estimate of drug-likeness (QED) is 0.774. The predicted molar refractivity (Wildman–Crippen MR) is 80.0 cm³/mol. The number of hydrogen-bond donors (Lipinski definition) is 2. The van der Waals surface area contributed by atoms with E-state index in [1.165, 1.54) is 12.1 Å². The smallest absolute Gasteiger partial charge is 0.289 e. The van der Waals surface area contributed by atoms with Gasteiger partial charge in [0, 0.05) is 31.9 Å². The summed E-state index contributed by atoms with van der Waals surface area (Å²) >= 11 is 0. The third kappa shape index (κ3) is 2.83. The summed E-state index contributed by atoms with van der Waals surface area (Å²) in [4.78, 5) is 28.1. The summed E-state index contributed by atoms with van der Waals surface area (Å²) in [5.41, 5.74) is 2.22. The zero-order chi connectivity index (χ0) is 15.7. The number of aromatic nitrogens is 4. The van der Waals surface area contributed by atoms with E-state index in [1.807, 2.05) is 6.92 Å². The lowest BCUT2D eigenvalue weighted by Gasteiger charge is -2.14. The molecule has 0 saturated carbocycles. The average Bonchev–Trinajstić information content (AvgIpc) is 3.09.